The van der Waals surface area contributed by atoms with Crippen LogP contribution in [0.4, 0.5) is 0 Å². The molecule has 0 saturated carbocycles. The molecule has 1 saturated heterocycles. The number of benzene rings is 2. The first-order chi connectivity index (χ1) is 10.5. The number of nitrogens with zero attached hydrogens (tertiary/aromatic N) is 1. The van der Waals surface area contributed by atoms with Gasteiger partial charge < -0.3 is 0 Å². The van der Waals surface area contributed by atoms with E-state index in [1.807, 2.05) is 50.2 Å². The minimum Gasteiger partial charge on any atom is -0.207 e. The summed E-state index contributed by atoms with van der Waals surface area (Å²) in [5.74, 6) is 0. The minimum absolute atomic E-state index is 0.0492. The molecule has 4 heteroatoms. The smallest absolute Gasteiger partial charge is 0.207 e. The maximum atomic E-state index is 12.9. The van der Waals surface area contributed by atoms with Crippen LogP contribution in [-0.4, -0.2) is 19.3 Å². The predicted molar refractivity (Wildman–Crippen MR) is 88.2 cm³/mol. The van der Waals surface area contributed by atoms with Crippen molar-refractivity contribution in [1.29, 1.82) is 0 Å². The van der Waals surface area contributed by atoms with Gasteiger partial charge in [0.25, 0.3) is 0 Å². The van der Waals surface area contributed by atoms with E-state index in [9.17, 15) is 8.42 Å². The highest BCUT2D eigenvalue weighted by molar-refractivity contribution is 7.89. The Morgan fingerprint density at radius 3 is 2.05 bits per heavy atom. The lowest BCUT2D eigenvalue weighted by Gasteiger charge is -2.24. The zero-order valence-electron chi connectivity index (χ0n) is 13.0. The van der Waals surface area contributed by atoms with Gasteiger partial charge in [-0.15, -0.1) is 0 Å². The van der Waals surface area contributed by atoms with Crippen LogP contribution >= 0.6 is 0 Å². The molecule has 0 bridgehead atoms. The van der Waals surface area contributed by atoms with Gasteiger partial charge in [0.05, 0.1) is 10.9 Å². The summed E-state index contributed by atoms with van der Waals surface area (Å²) >= 11 is 0. The van der Waals surface area contributed by atoms with Crippen LogP contribution in [-0.2, 0) is 10.0 Å². The van der Waals surface area contributed by atoms with Crippen LogP contribution in [0.2, 0.25) is 0 Å². The van der Waals surface area contributed by atoms with E-state index in [2.05, 4.69) is 0 Å². The lowest BCUT2D eigenvalue weighted by Crippen LogP contribution is -2.30. The number of sulfonamides is 1. The van der Waals surface area contributed by atoms with Gasteiger partial charge in [0.2, 0.25) is 10.0 Å². The average molecular weight is 315 g/mol. The van der Waals surface area contributed by atoms with E-state index in [0.717, 1.165) is 24.0 Å². The summed E-state index contributed by atoms with van der Waals surface area (Å²) in [7, 11) is -3.43. The van der Waals surface area contributed by atoms with Crippen LogP contribution in [0.3, 0.4) is 0 Å². The Bertz CT molecular complexity index is 749. The first-order valence-corrected chi connectivity index (χ1v) is 9.07. The number of aryl methyl sites for hydroxylation is 2. The highest BCUT2D eigenvalue weighted by Gasteiger charge is 2.35. The second kappa shape index (κ2) is 5.86. The van der Waals surface area contributed by atoms with Gasteiger partial charge in [-0.25, -0.2) is 8.42 Å². The van der Waals surface area contributed by atoms with Crippen molar-refractivity contribution >= 4 is 10.0 Å². The van der Waals surface area contributed by atoms with Crippen molar-refractivity contribution in [2.45, 2.75) is 37.6 Å². The Kier molecular flexibility index (Phi) is 4.06. The number of rotatable bonds is 3. The van der Waals surface area contributed by atoms with Crippen LogP contribution < -0.4 is 0 Å². The molecule has 0 amide bonds. The molecule has 3 rings (SSSR count). The third kappa shape index (κ3) is 2.81. The van der Waals surface area contributed by atoms with E-state index < -0.39 is 10.0 Å². The fraction of sp³-hybridized carbons (Fsp3) is 0.333. The fourth-order valence-corrected chi connectivity index (χ4v) is 4.68. The standard InChI is InChI=1S/C18H21NO2S/c1-14-5-9-16(10-6-14)18-4-3-13-19(18)22(20,21)17-11-7-15(2)8-12-17/h5-12,18H,3-4,13H2,1-2H3/t18-/m0/s1. The van der Waals surface area contributed by atoms with Gasteiger partial charge in [0, 0.05) is 6.54 Å². The zero-order chi connectivity index (χ0) is 15.7. The molecule has 1 fully saturated rings. The molecule has 0 unspecified atom stereocenters. The molecule has 1 atom stereocenters. The normalized spacial score (nSPS) is 19.5. The van der Waals surface area contributed by atoms with Crippen LogP contribution in [0, 0.1) is 13.8 Å². The second-order valence-corrected chi connectivity index (χ2v) is 7.89. The molecule has 1 aliphatic heterocycles. The fourth-order valence-electron chi connectivity index (χ4n) is 3.00. The van der Waals surface area contributed by atoms with Crippen LogP contribution in [0.25, 0.3) is 0 Å². The SMILES string of the molecule is Cc1ccc([C@@H]2CCCN2S(=O)(=O)c2ccc(C)cc2)cc1. The van der Waals surface area contributed by atoms with Gasteiger partial charge in [-0.3, -0.25) is 0 Å². The molecule has 0 aromatic heterocycles. The zero-order valence-corrected chi connectivity index (χ0v) is 13.8. The Morgan fingerprint density at radius 2 is 1.45 bits per heavy atom. The molecule has 2 aromatic rings. The molecule has 0 spiro atoms. The van der Waals surface area contributed by atoms with Gasteiger partial charge in [-0.05, 0) is 44.4 Å². The average Bonchev–Trinajstić information content (AvgIpc) is 2.99. The molecule has 3 nitrogen and oxygen atoms in total. The largest absolute Gasteiger partial charge is 0.243 e. The Labute approximate surface area is 132 Å². The highest BCUT2D eigenvalue weighted by Crippen LogP contribution is 2.36. The molecule has 116 valence electrons. The van der Waals surface area contributed by atoms with Crippen LogP contribution in [0.1, 0.15) is 35.6 Å². The third-order valence-corrected chi connectivity index (χ3v) is 6.22. The van der Waals surface area contributed by atoms with Gasteiger partial charge in [0.1, 0.15) is 0 Å². The van der Waals surface area contributed by atoms with Gasteiger partial charge in [-0.2, -0.15) is 4.31 Å². The Hall–Kier alpha value is -1.65. The molecule has 0 aliphatic carbocycles. The molecule has 1 heterocycles. The summed E-state index contributed by atoms with van der Waals surface area (Å²) in [6.45, 7) is 4.59. The molecule has 0 N–H and O–H groups in total. The molecule has 0 radical (unpaired) electrons. The van der Waals surface area contributed by atoms with E-state index in [4.69, 9.17) is 0 Å². The summed E-state index contributed by atoms with van der Waals surface area (Å²) in [4.78, 5) is 0.386. The molecule has 1 aliphatic rings. The topological polar surface area (TPSA) is 37.4 Å². The van der Waals surface area contributed by atoms with Crippen molar-refractivity contribution in [3.05, 3.63) is 65.2 Å². The summed E-state index contributed by atoms with van der Waals surface area (Å²) in [5.41, 5.74) is 3.34. The second-order valence-electron chi connectivity index (χ2n) is 6.00. The van der Waals surface area contributed by atoms with Crippen molar-refractivity contribution in [1.82, 2.24) is 4.31 Å². The number of hydrogen-bond acceptors (Lipinski definition) is 2. The molecule has 22 heavy (non-hydrogen) atoms. The third-order valence-electron chi connectivity index (χ3n) is 4.29. The van der Waals surface area contributed by atoms with Crippen molar-refractivity contribution in [3.63, 3.8) is 0 Å². The molecular weight excluding hydrogens is 294 g/mol. The van der Waals surface area contributed by atoms with Gasteiger partial charge >= 0.3 is 0 Å². The van der Waals surface area contributed by atoms with Crippen molar-refractivity contribution in [3.8, 4) is 0 Å². The van der Waals surface area contributed by atoms with Gasteiger partial charge in [0.15, 0.2) is 0 Å². The van der Waals surface area contributed by atoms with Gasteiger partial charge in [-0.1, -0.05) is 47.5 Å². The maximum absolute atomic E-state index is 12.9. The predicted octanol–water partition coefficient (Wildman–Crippen LogP) is 3.83. The monoisotopic (exact) mass is 315 g/mol. The van der Waals surface area contributed by atoms with Crippen molar-refractivity contribution in [2.24, 2.45) is 0 Å². The summed E-state index contributed by atoms with van der Waals surface area (Å²) < 4.78 is 27.5. The summed E-state index contributed by atoms with van der Waals surface area (Å²) in [6, 6.07) is 15.2. The minimum atomic E-state index is -3.43. The van der Waals surface area contributed by atoms with Crippen molar-refractivity contribution in [2.75, 3.05) is 6.54 Å². The van der Waals surface area contributed by atoms with E-state index in [1.165, 1.54) is 5.56 Å². The summed E-state index contributed by atoms with van der Waals surface area (Å²) in [6.07, 6.45) is 1.79. The first kappa shape index (κ1) is 15.3. The van der Waals surface area contributed by atoms with E-state index in [0.29, 0.717) is 11.4 Å². The van der Waals surface area contributed by atoms with E-state index in [1.54, 1.807) is 16.4 Å². The lowest BCUT2D eigenvalue weighted by molar-refractivity contribution is 0.396. The molecular formula is C18H21NO2S. The van der Waals surface area contributed by atoms with Crippen LogP contribution in [0.15, 0.2) is 53.4 Å². The number of hydrogen-bond donors (Lipinski definition) is 0. The highest BCUT2D eigenvalue weighted by atomic mass is 32.2. The van der Waals surface area contributed by atoms with Crippen LogP contribution in [0.5, 0.6) is 0 Å². The van der Waals surface area contributed by atoms with E-state index in [-0.39, 0.29) is 6.04 Å². The quantitative estimate of drug-likeness (QED) is 0.863. The lowest BCUT2D eigenvalue weighted by atomic mass is 10.0. The Morgan fingerprint density at radius 1 is 0.909 bits per heavy atom. The maximum Gasteiger partial charge on any atom is 0.243 e. The molecule has 2 aromatic carbocycles. The Balaban J connectivity index is 1.95. The summed E-state index contributed by atoms with van der Waals surface area (Å²) in [5, 5.41) is 0. The first-order valence-electron chi connectivity index (χ1n) is 7.63. The van der Waals surface area contributed by atoms with Crippen molar-refractivity contribution < 1.29 is 8.42 Å². The van der Waals surface area contributed by atoms with E-state index >= 15 is 0 Å².